The molecule has 0 aliphatic heterocycles. The van der Waals surface area contributed by atoms with Crippen molar-refractivity contribution in [2.45, 2.75) is 5.41 Å². The Hall–Kier alpha value is -5.78. The Balaban J connectivity index is 2.05. The van der Waals surface area contributed by atoms with Gasteiger partial charge in [-0.2, -0.15) is 9.98 Å². The lowest BCUT2D eigenvalue weighted by Crippen LogP contribution is -2.31. The summed E-state index contributed by atoms with van der Waals surface area (Å²) in [5.74, 6) is 0.758. The van der Waals surface area contributed by atoms with Crippen molar-refractivity contribution in [1.29, 1.82) is 10.5 Å². The Bertz CT molecular complexity index is 1450. The van der Waals surface area contributed by atoms with Gasteiger partial charge in [0.2, 0.25) is 12.2 Å². The quantitative estimate of drug-likeness (QED) is 0.136. The number of hydrogen-bond acceptors (Lipinski definition) is 8. The van der Waals surface area contributed by atoms with E-state index in [2.05, 4.69) is 9.98 Å². The fourth-order valence-electron chi connectivity index (χ4n) is 4.33. The van der Waals surface area contributed by atoms with Crippen LogP contribution in [-0.2, 0) is 15.0 Å². The first-order valence-corrected chi connectivity index (χ1v) is 10.9. The van der Waals surface area contributed by atoms with Gasteiger partial charge in [0.1, 0.15) is 11.5 Å². The molecule has 0 unspecified atom stereocenters. The standard InChI is InChI=1S/C29H16N4O4/c30-17-36-27-13-5-23(6-14-27)29(21-1-9-25(10-2-21)32-19-34,22-3-11-26(12-4-22)33-20-35)24-7-15-28(16-8-24)37-18-31/h1-16H. The van der Waals surface area contributed by atoms with E-state index in [4.69, 9.17) is 20.0 Å². The smallest absolute Gasteiger partial charge is 0.292 e. The van der Waals surface area contributed by atoms with Crippen LogP contribution in [0.5, 0.6) is 11.5 Å². The van der Waals surface area contributed by atoms with Crippen molar-refractivity contribution in [1.82, 2.24) is 0 Å². The summed E-state index contributed by atoms with van der Waals surface area (Å²) in [6.45, 7) is 0. The second kappa shape index (κ2) is 11.1. The first-order chi connectivity index (χ1) is 18.1. The van der Waals surface area contributed by atoms with Gasteiger partial charge in [0.15, 0.2) is 0 Å². The van der Waals surface area contributed by atoms with E-state index in [1.807, 2.05) is 48.5 Å². The summed E-state index contributed by atoms with van der Waals surface area (Å²) in [5.41, 5.74) is 3.26. The van der Waals surface area contributed by atoms with Gasteiger partial charge in [-0.15, -0.1) is 10.5 Å². The van der Waals surface area contributed by atoms with E-state index in [9.17, 15) is 9.59 Å². The predicted molar refractivity (Wildman–Crippen MR) is 133 cm³/mol. The van der Waals surface area contributed by atoms with Gasteiger partial charge in [0.05, 0.1) is 16.8 Å². The highest BCUT2D eigenvalue weighted by Gasteiger charge is 2.38. The van der Waals surface area contributed by atoms with Gasteiger partial charge in [-0.25, -0.2) is 9.59 Å². The summed E-state index contributed by atoms with van der Waals surface area (Å²) < 4.78 is 9.96. The van der Waals surface area contributed by atoms with E-state index < -0.39 is 5.41 Å². The third kappa shape index (κ3) is 4.88. The van der Waals surface area contributed by atoms with Crippen LogP contribution in [0.2, 0.25) is 0 Å². The molecule has 4 aromatic rings. The zero-order valence-corrected chi connectivity index (χ0v) is 19.2. The molecule has 0 atom stereocenters. The van der Waals surface area contributed by atoms with Crippen molar-refractivity contribution in [2.24, 2.45) is 9.98 Å². The molecule has 0 aromatic heterocycles. The summed E-state index contributed by atoms with van der Waals surface area (Å²) in [4.78, 5) is 28.9. The highest BCUT2D eigenvalue weighted by Crippen LogP contribution is 2.46. The first-order valence-electron chi connectivity index (χ1n) is 10.9. The highest BCUT2D eigenvalue weighted by atomic mass is 16.5. The third-order valence-electron chi connectivity index (χ3n) is 5.85. The molecule has 0 N–H and O–H groups in total. The van der Waals surface area contributed by atoms with Crippen LogP contribution < -0.4 is 9.47 Å². The Morgan fingerprint density at radius 2 is 0.811 bits per heavy atom. The monoisotopic (exact) mass is 484 g/mol. The summed E-state index contributed by atoms with van der Waals surface area (Å²) in [5, 5.41) is 17.8. The first kappa shape index (κ1) is 24.3. The molecule has 8 nitrogen and oxygen atoms in total. The van der Waals surface area contributed by atoms with Gasteiger partial charge in [-0.1, -0.05) is 48.5 Å². The molecule has 0 saturated heterocycles. The summed E-state index contributed by atoms with van der Waals surface area (Å²) in [7, 11) is 0. The maximum atomic E-state index is 10.8. The fourth-order valence-corrected chi connectivity index (χ4v) is 4.33. The van der Waals surface area contributed by atoms with E-state index in [1.54, 1.807) is 73.2 Å². The Morgan fingerprint density at radius 3 is 1.08 bits per heavy atom. The molecule has 0 heterocycles. The lowest BCUT2D eigenvalue weighted by Gasteiger charge is -2.37. The number of nitrogens with zero attached hydrogens (tertiary/aromatic N) is 4. The van der Waals surface area contributed by atoms with Crippen LogP contribution in [0.15, 0.2) is 107 Å². The maximum Gasteiger partial charge on any atom is 0.292 e. The van der Waals surface area contributed by atoms with Crippen LogP contribution in [0, 0.1) is 23.0 Å². The number of benzene rings is 4. The predicted octanol–water partition coefficient (Wildman–Crippen LogP) is 5.72. The number of rotatable bonds is 8. The Morgan fingerprint density at radius 1 is 0.514 bits per heavy atom. The van der Waals surface area contributed by atoms with Crippen LogP contribution in [-0.4, -0.2) is 12.2 Å². The molecule has 0 amide bonds. The number of hydrogen-bond donors (Lipinski definition) is 0. The number of carbonyl (C=O) groups excluding carboxylic acids is 2. The highest BCUT2D eigenvalue weighted by molar-refractivity contribution is 5.63. The minimum Gasteiger partial charge on any atom is -0.388 e. The molecule has 0 fully saturated rings. The van der Waals surface area contributed by atoms with Crippen molar-refractivity contribution in [2.75, 3.05) is 0 Å². The lowest BCUT2D eigenvalue weighted by atomic mass is 9.65. The van der Waals surface area contributed by atoms with E-state index in [0.717, 1.165) is 22.3 Å². The van der Waals surface area contributed by atoms with Crippen molar-refractivity contribution in [3.05, 3.63) is 119 Å². The van der Waals surface area contributed by atoms with Crippen molar-refractivity contribution >= 4 is 23.5 Å². The minimum atomic E-state index is -0.927. The zero-order valence-electron chi connectivity index (χ0n) is 19.2. The molecule has 0 radical (unpaired) electrons. The average molecular weight is 484 g/mol. The van der Waals surface area contributed by atoms with Crippen molar-refractivity contribution < 1.29 is 19.1 Å². The van der Waals surface area contributed by atoms with Crippen molar-refractivity contribution in [3.8, 4) is 24.0 Å². The Labute approximate surface area is 212 Å². The molecule has 4 aromatic carbocycles. The van der Waals surface area contributed by atoms with Gasteiger partial charge < -0.3 is 9.47 Å². The van der Waals surface area contributed by atoms with Gasteiger partial charge in [-0.05, 0) is 70.8 Å². The second-order valence-electron chi connectivity index (χ2n) is 7.69. The fraction of sp³-hybridized carbons (Fsp3) is 0.0345. The molecule has 0 saturated carbocycles. The SMILES string of the molecule is N#COc1ccc(C(c2ccc(N=C=O)cc2)(c2ccc(N=C=O)cc2)c2ccc(OC#N)cc2)cc1. The summed E-state index contributed by atoms with van der Waals surface area (Å²) in [6, 6.07) is 28.4. The van der Waals surface area contributed by atoms with E-state index in [-0.39, 0.29) is 0 Å². The molecule has 0 spiro atoms. The van der Waals surface area contributed by atoms with E-state index in [1.165, 1.54) is 0 Å². The molecule has 0 aliphatic rings. The molecule has 0 aliphatic carbocycles. The molecule has 176 valence electrons. The number of aliphatic imine (C=N–C) groups is 2. The van der Waals surface area contributed by atoms with Crippen LogP contribution in [0.25, 0.3) is 0 Å². The third-order valence-corrected chi connectivity index (χ3v) is 5.85. The largest absolute Gasteiger partial charge is 0.388 e. The van der Waals surface area contributed by atoms with Crippen LogP contribution in [0.3, 0.4) is 0 Å². The molecule has 8 heteroatoms. The Kier molecular flexibility index (Phi) is 7.30. The van der Waals surface area contributed by atoms with Gasteiger partial charge in [-0.3, -0.25) is 0 Å². The van der Waals surface area contributed by atoms with E-state index >= 15 is 0 Å². The minimum absolute atomic E-state index is 0.379. The topological polar surface area (TPSA) is 125 Å². The average Bonchev–Trinajstić information content (AvgIpc) is 2.93. The molecular weight excluding hydrogens is 468 g/mol. The molecule has 37 heavy (non-hydrogen) atoms. The lowest BCUT2D eigenvalue weighted by molar-refractivity contribution is 0.506. The molecule has 4 rings (SSSR count). The molecule has 0 bridgehead atoms. The summed E-state index contributed by atoms with van der Waals surface area (Å²) in [6.07, 6.45) is 6.42. The zero-order chi connectivity index (χ0) is 26.1. The van der Waals surface area contributed by atoms with E-state index in [0.29, 0.717) is 22.9 Å². The second-order valence-corrected chi connectivity index (χ2v) is 7.69. The van der Waals surface area contributed by atoms with Gasteiger partial charge in [0, 0.05) is 0 Å². The van der Waals surface area contributed by atoms with Crippen LogP contribution >= 0.6 is 0 Å². The van der Waals surface area contributed by atoms with Crippen LogP contribution in [0.1, 0.15) is 22.3 Å². The number of nitriles is 2. The van der Waals surface area contributed by atoms with Crippen LogP contribution in [0.4, 0.5) is 11.4 Å². The normalized spacial score (nSPS) is 10.1. The van der Waals surface area contributed by atoms with Gasteiger partial charge in [0.25, 0.3) is 12.5 Å². The summed E-state index contributed by atoms with van der Waals surface area (Å²) >= 11 is 0. The molecular formula is C29H16N4O4. The van der Waals surface area contributed by atoms with Crippen molar-refractivity contribution in [3.63, 3.8) is 0 Å². The van der Waals surface area contributed by atoms with Gasteiger partial charge >= 0.3 is 0 Å². The number of ether oxygens (including phenoxy) is 2. The number of isocyanates is 2. The maximum absolute atomic E-state index is 10.8.